The molecule has 0 heterocycles. The van der Waals surface area contributed by atoms with E-state index in [4.69, 9.17) is 23.2 Å². The molecular weight excluding hydrogens is 485 g/mol. The van der Waals surface area contributed by atoms with E-state index < -0.39 is 28.5 Å². The molecule has 0 radical (unpaired) electrons. The van der Waals surface area contributed by atoms with Crippen LogP contribution in [0.4, 0.5) is 5.69 Å². The van der Waals surface area contributed by atoms with E-state index in [1.807, 2.05) is 13.8 Å². The van der Waals surface area contributed by atoms with E-state index in [1.165, 1.54) is 11.0 Å². The first-order valence-electron chi connectivity index (χ1n) is 10.5. The predicted octanol–water partition coefficient (Wildman–Crippen LogP) is 4.09. The van der Waals surface area contributed by atoms with Gasteiger partial charge in [-0.25, -0.2) is 8.42 Å². The lowest BCUT2D eigenvalue weighted by Gasteiger charge is -2.32. The van der Waals surface area contributed by atoms with Gasteiger partial charge in [-0.3, -0.25) is 13.9 Å². The van der Waals surface area contributed by atoms with E-state index >= 15 is 0 Å². The lowest BCUT2D eigenvalue weighted by atomic mass is 10.1. The molecule has 0 aliphatic carbocycles. The van der Waals surface area contributed by atoms with Crippen molar-refractivity contribution < 1.29 is 18.0 Å². The molecule has 2 aromatic carbocycles. The fourth-order valence-corrected chi connectivity index (χ4v) is 4.36. The highest BCUT2D eigenvalue weighted by molar-refractivity contribution is 7.92. The number of benzene rings is 2. The number of nitrogens with one attached hydrogen (secondary N) is 1. The maximum Gasteiger partial charge on any atom is 0.244 e. The van der Waals surface area contributed by atoms with E-state index in [1.54, 1.807) is 49.4 Å². The van der Waals surface area contributed by atoms with E-state index in [9.17, 15) is 18.0 Å². The Kier molecular flexibility index (Phi) is 9.57. The van der Waals surface area contributed by atoms with Crippen LogP contribution in [-0.4, -0.2) is 50.0 Å². The van der Waals surface area contributed by atoms with Gasteiger partial charge in [-0.1, -0.05) is 48.3 Å². The molecule has 0 unspecified atom stereocenters. The zero-order chi connectivity index (χ0) is 24.8. The Morgan fingerprint density at radius 2 is 1.64 bits per heavy atom. The molecule has 2 aromatic rings. The van der Waals surface area contributed by atoms with Crippen LogP contribution in [0.3, 0.4) is 0 Å². The van der Waals surface area contributed by atoms with Gasteiger partial charge in [-0.2, -0.15) is 0 Å². The molecule has 0 aliphatic rings. The van der Waals surface area contributed by atoms with E-state index in [0.717, 1.165) is 17.0 Å². The third-order valence-electron chi connectivity index (χ3n) is 5.19. The fraction of sp³-hybridized carbons (Fsp3) is 0.391. The Morgan fingerprint density at radius 1 is 1.03 bits per heavy atom. The Hall–Kier alpha value is -2.29. The predicted molar refractivity (Wildman–Crippen MR) is 133 cm³/mol. The number of carbonyl (C=O) groups is 2. The number of amides is 2. The number of nitrogens with zero attached hydrogens (tertiary/aromatic N) is 2. The molecule has 0 saturated carbocycles. The minimum Gasteiger partial charge on any atom is -0.352 e. The molecule has 0 fully saturated rings. The summed E-state index contributed by atoms with van der Waals surface area (Å²) in [7, 11) is -3.81. The van der Waals surface area contributed by atoms with Gasteiger partial charge in [0.25, 0.3) is 0 Å². The average molecular weight is 514 g/mol. The van der Waals surface area contributed by atoms with Gasteiger partial charge in [0.1, 0.15) is 12.6 Å². The van der Waals surface area contributed by atoms with Crippen LogP contribution in [0.15, 0.2) is 48.5 Å². The second-order valence-corrected chi connectivity index (χ2v) is 10.7. The van der Waals surface area contributed by atoms with Gasteiger partial charge in [0, 0.05) is 22.6 Å². The molecule has 0 spiro atoms. The minimum atomic E-state index is -3.81. The summed E-state index contributed by atoms with van der Waals surface area (Å²) >= 11 is 12.1. The lowest BCUT2D eigenvalue weighted by molar-refractivity contribution is -0.139. The summed E-state index contributed by atoms with van der Waals surface area (Å²) in [6, 6.07) is 12.3. The number of carbonyl (C=O) groups excluding carboxylic acids is 2. The second-order valence-electron chi connectivity index (χ2n) is 7.89. The molecular formula is C23H29Cl2N3O4S. The van der Waals surface area contributed by atoms with Crippen molar-refractivity contribution in [1.82, 2.24) is 10.2 Å². The molecule has 33 heavy (non-hydrogen) atoms. The summed E-state index contributed by atoms with van der Waals surface area (Å²) in [5.74, 6) is -0.861. The van der Waals surface area contributed by atoms with Crippen molar-refractivity contribution in [2.45, 2.75) is 45.8 Å². The van der Waals surface area contributed by atoms with Crippen LogP contribution in [0.25, 0.3) is 0 Å². The van der Waals surface area contributed by atoms with Crippen LogP contribution in [0.2, 0.25) is 10.0 Å². The van der Waals surface area contributed by atoms with Crippen LogP contribution in [-0.2, 0) is 26.2 Å². The van der Waals surface area contributed by atoms with E-state index in [0.29, 0.717) is 15.6 Å². The fourth-order valence-electron chi connectivity index (χ4n) is 3.13. The first-order chi connectivity index (χ1) is 15.4. The number of rotatable bonds is 10. The normalized spacial score (nSPS) is 13.2. The highest BCUT2D eigenvalue weighted by Gasteiger charge is 2.30. The van der Waals surface area contributed by atoms with E-state index in [2.05, 4.69) is 5.32 Å². The lowest BCUT2D eigenvalue weighted by Crippen LogP contribution is -2.52. The maximum absolute atomic E-state index is 13.4. The molecule has 0 saturated heterocycles. The first-order valence-corrected chi connectivity index (χ1v) is 13.1. The molecule has 2 atom stereocenters. The molecule has 1 N–H and O–H groups in total. The Labute approximate surface area is 205 Å². The Bertz CT molecular complexity index is 1090. The third kappa shape index (κ3) is 7.91. The number of hydrogen-bond donors (Lipinski definition) is 1. The molecule has 0 aromatic heterocycles. The highest BCUT2D eigenvalue weighted by Crippen LogP contribution is 2.23. The van der Waals surface area contributed by atoms with Crippen LogP contribution < -0.4 is 9.62 Å². The third-order valence-corrected chi connectivity index (χ3v) is 6.80. The largest absolute Gasteiger partial charge is 0.352 e. The van der Waals surface area contributed by atoms with Crippen LogP contribution in [0.5, 0.6) is 0 Å². The number of sulfonamides is 1. The van der Waals surface area contributed by atoms with Crippen molar-refractivity contribution in [2.24, 2.45) is 0 Å². The molecule has 2 rings (SSSR count). The second kappa shape index (κ2) is 11.7. The maximum atomic E-state index is 13.4. The molecule has 7 nitrogen and oxygen atoms in total. The average Bonchev–Trinajstić information content (AvgIpc) is 2.74. The number of anilines is 1. The summed E-state index contributed by atoms with van der Waals surface area (Å²) in [6.07, 6.45) is 1.75. The zero-order valence-electron chi connectivity index (χ0n) is 19.1. The van der Waals surface area contributed by atoms with Crippen LogP contribution >= 0.6 is 23.2 Å². The molecule has 2 amide bonds. The summed E-state index contributed by atoms with van der Waals surface area (Å²) in [5.41, 5.74) is 0.977. The van der Waals surface area contributed by atoms with Gasteiger partial charge < -0.3 is 10.2 Å². The Balaban J connectivity index is 2.38. The first kappa shape index (κ1) is 27.0. The van der Waals surface area contributed by atoms with Crippen molar-refractivity contribution in [3.63, 3.8) is 0 Å². The minimum absolute atomic E-state index is 0.0675. The van der Waals surface area contributed by atoms with Crippen LogP contribution in [0.1, 0.15) is 32.8 Å². The van der Waals surface area contributed by atoms with Crippen molar-refractivity contribution in [3.05, 3.63) is 64.1 Å². The van der Waals surface area contributed by atoms with Crippen molar-refractivity contribution in [1.29, 1.82) is 0 Å². The van der Waals surface area contributed by atoms with Gasteiger partial charge in [0.15, 0.2) is 0 Å². The van der Waals surface area contributed by atoms with Gasteiger partial charge in [0.05, 0.1) is 11.9 Å². The topological polar surface area (TPSA) is 86.8 Å². The number of hydrogen-bond acceptors (Lipinski definition) is 4. The highest BCUT2D eigenvalue weighted by atomic mass is 35.5. The molecule has 0 aliphatic heterocycles. The quantitative estimate of drug-likeness (QED) is 0.518. The van der Waals surface area contributed by atoms with Crippen molar-refractivity contribution in [2.75, 3.05) is 17.1 Å². The standard InChI is InChI=1S/C23H29Cl2N3O4S/c1-5-16(2)26-23(30)17(3)27(14-18-8-6-9-19(24)12-18)22(29)15-28(33(4,31)32)21-11-7-10-20(25)13-21/h6-13,16-17H,5,14-15H2,1-4H3,(H,26,30)/t16-,17-/m1/s1. The molecule has 10 heteroatoms. The number of halogens is 2. The SMILES string of the molecule is CC[C@@H](C)NC(=O)[C@@H](C)N(Cc1cccc(Cl)c1)C(=O)CN(c1cccc(Cl)c1)S(C)(=O)=O. The van der Waals surface area contributed by atoms with Gasteiger partial charge in [-0.15, -0.1) is 0 Å². The van der Waals surface area contributed by atoms with Gasteiger partial charge >= 0.3 is 0 Å². The van der Waals surface area contributed by atoms with Gasteiger partial charge in [0.2, 0.25) is 21.8 Å². The van der Waals surface area contributed by atoms with Gasteiger partial charge in [-0.05, 0) is 56.2 Å². The Morgan fingerprint density at radius 3 is 2.18 bits per heavy atom. The molecule has 180 valence electrons. The molecule has 0 bridgehead atoms. The summed E-state index contributed by atoms with van der Waals surface area (Å²) in [5, 5.41) is 3.71. The van der Waals surface area contributed by atoms with Crippen molar-refractivity contribution >= 4 is 50.7 Å². The summed E-state index contributed by atoms with van der Waals surface area (Å²) < 4.78 is 26.0. The zero-order valence-corrected chi connectivity index (χ0v) is 21.4. The van der Waals surface area contributed by atoms with E-state index in [-0.39, 0.29) is 24.2 Å². The van der Waals surface area contributed by atoms with Crippen LogP contribution in [0, 0.1) is 0 Å². The monoisotopic (exact) mass is 513 g/mol. The summed E-state index contributed by atoms with van der Waals surface area (Å²) in [4.78, 5) is 27.6. The van der Waals surface area contributed by atoms with Crippen molar-refractivity contribution in [3.8, 4) is 0 Å². The smallest absolute Gasteiger partial charge is 0.244 e. The summed E-state index contributed by atoms with van der Waals surface area (Å²) in [6.45, 7) is 5.03.